The molecule has 0 bridgehead atoms. The molecule has 0 aliphatic carbocycles. The van der Waals surface area contributed by atoms with Crippen LogP contribution in [0.1, 0.15) is 88.1 Å². The SMILES string of the molecule is CC(C)Oc1cccc(N=C=O)c1.Cc1nc2c(cc1C#N)c(C)nn2C.Cc1nc2c(cc1C(=O)NC(=O)Nc1cccc(OC(C)C)c1)c(C)nn2C.Cc1nc2c(cc1C(N)=O)c(C)nn2C. The minimum absolute atomic E-state index is 0.0204. The highest BCUT2D eigenvalue weighted by molar-refractivity contribution is 6.09. The number of carbonyl (C=O) groups is 3. The second kappa shape index (κ2) is 22.8. The molecule has 0 spiro atoms. The third-order valence-electron chi connectivity index (χ3n) is 10.3. The summed E-state index contributed by atoms with van der Waals surface area (Å²) < 4.78 is 16.1. The minimum Gasteiger partial charge on any atom is -0.491 e. The second-order valence-electron chi connectivity index (χ2n) is 16.6. The van der Waals surface area contributed by atoms with Gasteiger partial charge in [0.05, 0.1) is 68.7 Å². The van der Waals surface area contributed by atoms with Gasteiger partial charge < -0.3 is 20.5 Å². The number of nitriles is 1. The van der Waals surface area contributed by atoms with Gasteiger partial charge in [0.15, 0.2) is 16.9 Å². The number of amides is 4. The first-order valence-corrected chi connectivity index (χ1v) is 22.0. The lowest BCUT2D eigenvalue weighted by Gasteiger charge is -2.12. The van der Waals surface area contributed by atoms with E-state index in [1.807, 2.05) is 81.6 Å². The van der Waals surface area contributed by atoms with Crippen molar-refractivity contribution in [3.05, 3.63) is 118 Å². The lowest BCUT2D eigenvalue weighted by Crippen LogP contribution is -2.34. The maximum Gasteiger partial charge on any atom is 0.326 e. The minimum atomic E-state index is -0.630. The number of isocyanates is 1. The number of ether oxygens (including phenoxy) is 2. The molecule has 0 saturated carbocycles. The van der Waals surface area contributed by atoms with Crippen molar-refractivity contribution in [2.45, 2.75) is 81.4 Å². The maximum atomic E-state index is 12.6. The Hall–Kier alpha value is -8.82. The Balaban J connectivity index is 0.000000185. The Morgan fingerprint density at radius 3 is 1.59 bits per heavy atom. The lowest BCUT2D eigenvalue weighted by molar-refractivity contribution is 0.0964. The number of fused-ring (bicyclic) bond motifs is 3. The molecule has 4 amide bonds. The first-order valence-electron chi connectivity index (χ1n) is 22.0. The van der Waals surface area contributed by atoms with Crippen LogP contribution < -0.4 is 25.8 Å². The van der Waals surface area contributed by atoms with Gasteiger partial charge in [-0.2, -0.15) is 25.6 Å². The molecule has 6 heterocycles. The molecule has 4 N–H and O–H groups in total. The third-order valence-corrected chi connectivity index (χ3v) is 10.3. The molecule has 20 heteroatoms. The highest BCUT2D eigenvalue weighted by Crippen LogP contribution is 2.23. The summed E-state index contributed by atoms with van der Waals surface area (Å²) in [6.45, 7) is 18.7. The van der Waals surface area contributed by atoms with E-state index >= 15 is 0 Å². The van der Waals surface area contributed by atoms with Gasteiger partial charge in [-0.3, -0.25) is 29.0 Å². The van der Waals surface area contributed by atoms with Gasteiger partial charge in [-0.1, -0.05) is 12.1 Å². The van der Waals surface area contributed by atoms with E-state index in [0.29, 0.717) is 56.6 Å². The zero-order valence-corrected chi connectivity index (χ0v) is 41.5. The summed E-state index contributed by atoms with van der Waals surface area (Å²) in [7, 11) is 5.48. The van der Waals surface area contributed by atoms with Crippen molar-refractivity contribution in [1.29, 1.82) is 5.26 Å². The normalized spacial score (nSPS) is 10.5. The van der Waals surface area contributed by atoms with E-state index in [0.717, 1.165) is 50.2 Å². The van der Waals surface area contributed by atoms with Gasteiger partial charge in [-0.05, 0) is 112 Å². The number of nitrogens with one attached hydrogen (secondary N) is 2. The van der Waals surface area contributed by atoms with Gasteiger partial charge in [-0.25, -0.2) is 24.5 Å². The summed E-state index contributed by atoms with van der Waals surface area (Å²) in [5, 5.41) is 29.2. The van der Waals surface area contributed by atoms with Crippen LogP contribution in [-0.4, -0.2) is 80.4 Å². The predicted octanol–water partition coefficient (Wildman–Crippen LogP) is 7.92. The van der Waals surface area contributed by atoms with Crippen LogP contribution in [0.2, 0.25) is 0 Å². The number of pyridine rings is 3. The van der Waals surface area contributed by atoms with Crippen molar-refractivity contribution < 1.29 is 28.7 Å². The fourth-order valence-electron chi connectivity index (χ4n) is 7.09. The summed E-state index contributed by atoms with van der Waals surface area (Å²) >= 11 is 0. The monoisotopic (exact) mass is 948 g/mol. The van der Waals surface area contributed by atoms with Crippen molar-refractivity contribution in [2.24, 2.45) is 31.9 Å². The summed E-state index contributed by atoms with van der Waals surface area (Å²) in [4.78, 5) is 62.5. The lowest BCUT2D eigenvalue weighted by atomic mass is 10.1. The molecule has 2 aromatic carbocycles. The van der Waals surface area contributed by atoms with Crippen LogP contribution in [-0.2, 0) is 25.9 Å². The van der Waals surface area contributed by atoms with E-state index in [4.69, 9.17) is 20.5 Å². The number of imide groups is 1. The number of nitrogens with zero attached hydrogens (tertiary/aromatic N) is 11. The van der Waals surface area contributed by atoms with Gasteiger partial charge in [0.25, 0.3) is 11.8 Å². The van der Waals surface area contributed by atoms with E-state index in [-0.39, 0.29) is 12.2 Å². The number of aryl methyl sites for hydroxylation is 9. The fourth-order valence-corrected chi connectivity index (χ4v) is 7.09. The zero-order chi connectivity index (χ0) is 51.6. The molecule has 0 atom stereocenters. The Kier molecular flexibility index (Phi) is 17.0. The summed E-state index contributed by atoms with van der Waals surface area (Å²) in [6.07, 6.45) is 1.63. The molecule has 0 saturated heterocycles. The van der Waals surface area contributed by atoms with Gasteiger partial charge >= 0.3 is 6.03 Å². The van der Waals surface area contributed by atoms with Gasteiger partial charge in [0, 0.05) is 55.1 Å². The smallest absolute Gasteiger partial charge is 0.326 e. The molecule has 362 valence electrons. The van der Waals surface area contributed by atoms with Crippen LogP contribution in [0.4, 0.5) is 16.2 Å². The first kappa shape index (κ1) is 52.2. The van der Waals surface area contributed by atoms with Crippen molar-refractivity contribution in [1.82, 2.24) is 49.6 Å². The number of nitrogens with two attached hydrogens (primary N) is 1. The van der Waals surface area contributed by atoms with E-state index in [1.54, 1.807) is 89.5 Å². The highest BCUT2D eigenvalue weighted by atomic mass is 16.5. The number of aromatic nitrogens is 9. The van der Waals surface area contributed by atoms with Crippen LogP contribution in [0.5, 0.6) is 11.5 Å². The second-order valence-corrected chi connectivity index (χ2v) is 16.6. The topological polar surface area (TPSA) is 265 Å². The number of aliphatic imine (C=N–C) groups is 1. The molecule has 0 aliphatic heterocycles. The van der Waals surface area contributed by atoms with Gasteiger partial charge in [0.1, 0.15) is 17.6 Å². The quantitative estimate of drug-likeness (QED) is 0.0966. The summed E-state index contributed by atoms with van der Waals surface area (Å²) in [6, 6.07) is 20.8. The number of benzene rings is 2. The molecular weight excluding hydrogens is 893 g/mol. The van der Waals surface area contributed by atoms with Crippen LogP contribution >= 0.6 is 0 Å². The number of rotatable bonds is 8. The Bertz CT molecular complexity index is 3340. The first-order chi connectivity index (χ1) is 33.1. The predicted molar refractivity (Wildman–Crippen MR) is 266 cm³/mol. The standard InChI is InChI=1S/C20H23N5O3.C10H12N4O.C10H10N4.C10H11NO2/c1-11(2)28-15-8-6-7-14(9-15)22-20(27)23-19(26)17-10-16-13(4)24-25(5)18(16)21-12(17)3;1-5-7(9(11)15)4-8-6(2)13-14(3)10(8)12-5;1-6-8(5-11)4-9-7(2)13-14(3)10(9)12-6;1-8(2)13-10-5-3-4-9(6-10)11-7-12/h6-11H,1-5H3,(H2,22,23,26,27);4H,1-3H3,(H2,11,15);4H,1-3H3;3-6,8H,1-2H3. The van der Waals surface area contributed by atoms with Crippen LogP contribution in [0, 0.1) is 52.9 Å². The molecular formula is C50H56N14O6. The summed E-state index contributed by atoms with van der Waals surface area (Å²) in [5.74, 6) is 0.371. The average molecular weight is 949 g/mol. The number of carbonyl (C=O) groups excluding carboxylic acids is 4. The van der Waals surface area contributed by atoms with Crippen molar-refractivity contribution >= 4 is 68.4 Å². The fraction of sp³-hybridized carbons (Fsp3) is 0.300. The van der Waals surface area contributed by atoms with Gasteiger partial charge in [-0.15, -0.1) is 0 Å². The van der Waals surface area contributed by atoms with Crippen molar-refractivity contribution in [2.75, 3.05) is 5.32 Å². The van der Waals surface area contributed by atoms with E-state index < -0.39 is 17.8 Å². The molecule has 6 aromatic heterocycles. The maximum absolute atomic E-state index is 12.6. The van der Waals surface area contributed by atoms with E-state index in [1.165, 1.54) is 6.08 Å². The highest BCUT2D eigenvalue weighted by Gasteiger charge is 2.18. The largest absolute Gasteiger partial charge is 0.491 e. The average Bonchev–Trinajstić information content (AvgIpc) is 3.84. The van der Waals surface area contributed by atoms with Crippen LogP contribution in [0.15, 0.2) is 71.7 Å². The summed E-state index contributed by atoms with van der Waals surface area (Å²) in [5.41, 5.74) is 14.5. The molecule has 8 aromatic rings. The zero-order valence-electron chi connectivity index (χ0n) is 41.5. The Labute approximate surface area is 404 Å². The van der Waals surface area contributed by atoms with Crippen LogP contribution in [0.3, 0.4) is 0 Å². The number of urea groups is 1. The number of hydrogen-bond donors (Lipinski definition) is 3. The Morgan fingerprint density at radius 2 is 1.10 bits per heavy atom. The Morgan fingerprint density at radius 1 is 0.643 bits per heavy atom. The third kappa shape index (κ3) is 13.0. The molecule has 70 heavy (non-hydrogen) atoms. The van der Waals surface area contributed by atoms with Crippen LogP contribution in [0.25, 0.3) is 33.1 Å². The number of anilines is 1. The van der Waals surface area contributed by atoms with E-state index in [9.17, 15) is 19.2 Å². The van der Waals surface area contributed by atoms with Crippen molar-refractivity contribution in [3.63, 3.8) is 0 Å². The molecule has 0 unspecified atom stereocenters. The molecule has 0 fully saturated rings. The molecule has 20 nitrogen and oxygen atoms in total. The molecule has 0 radical (unpaired) electrons. The van der Waals surface area contributed by atoms with Crippen molar-refractivity contribution in [3.8, 4) is 17.6 Å². The van der Waals surface area contributed by atoms with Gasteiger partial charge in [0.2, 0.25) is 6.08 Å². The molecule has 8 rings (SSSR count). The molecule has 0 aliphatic rings. The number of primary amides is 1. The number of hydrogen-bond acceptors (Lipinski definition) is 14. The van der Waals surface area contributed by atoms with E-state index in [2.05, 4.69) is 51.9 Å².